The Bertz CT molecular complexity index is 784. The van der Waals surface area contributed by atoms with Gasteiger partial charge in [-0.2, -0.15) is 34.4 Å². The number of halogens is 4. The van der Waals surface area contributed by atoms with Gasteiger partial charge >= 0.3 is 30.7 Å². The van der Waals surface area contributed by atoms with Crippen LogP contribution in [0.3, 0.4) is 0 Å². The highest BCUT2D eigenvalue weighted by Crippen LogP contribution is 2.38. The molecule has 0 bridgehead atoms. The summed E-state index contributed by atoms with van der Waals surface area (Å²) in [6, 6.07) is 4.43. The molecule has 0 heterocycles. The Morgan fingerprint density at radius 1 is 1.04 bits per heavy atom. The fourth-order valence-corrected chi connectivity index (χ4v) is 2.57. The summed E-state index contributed by atoms with van der Waals surface area (Å²) in [5.74, 6) is -0.606. The molecule has 0 aliphatic rings. The normalized spacial score (nSPS) is 13.6. The van der Waals surface area contributed by atoms with Crippen LogP contribution in [0.25, 0.3) is 6.08 Å². The maximum atomic E-state index is 13.5. The molecule has 6 nitrogen and oxygen atoms in total. The first-order chi connectivity index (χ1) is 10.2. The van der Waals surface area contributed by atoms with Crippen LogP contribution in [0.15, 0.2) is 30.8 Å². The van der Waals surface area contributed by atoms with Gasteiger partial charge in [0.1, 0.15) is 12.2 Å². The summed E-state index contributed by atoms with van der Waals surface area (Å²) in [5.41, 5.74) is 0.499. The second-order valence-electron chi connectivity index (χ2n) is 4.24. The van der Waals surface area contributed by atoms with Gasteiger partial charge in [0.2, 0.25) is 0 Å². The van der Waals surface area contributed by atoms with Gasteiger partial charge in [-0.05, 0) is 17.7 Å². The average molecular weight is 378 g/mol. The highest BCUT2D eigenvalue weighted by molar-refractivity contribution is 7.88. The van der Waals surface area contributed by atoms with Crippen molar-refractivity contribution >= 4 is 26.3 Å². The van der Waals surface area contributed by atoms with Crippen LogP contribution in [0, 0.1) is 0 Å². The highest BCUT2D eigenvalue weighted by atomic mass is 32.2. The number of benzene rings is 1. The molecule has 0 amide bonds. The molecule has 1 aromatic rings. The van der Waals surface area contributed by atoms with Gasteiger partial charge in [-0.3, -0.25) is 4.55 Å². The van der Waals surface area contributed by atoms with E-state index in [2.05, 4.69) is 10.8 Å². The lowest BCUT2D eigenvalue weighted by molar-refractivity contribution is -0.0237. The lowest BCUT2D eigenvalue weighted by Crippen LogP contribution is -2.42. The zero-order valence-corrected chi connectivity index (χ0v) is 12.8. The fraction of sp³-hybridized carbons (Fsp3) is 0.273. The second kappa shape index (κ2) is 6.09. The molecule has 12 heteroatoms. The van der Waals surface area contributed by atoms with Crippen molar-refractivity contribution in [3.05, 3.63) is 36.4 Å². The molecule has 0 aliphatic carbocycles. The molecule has 0 fully saturated rings. The smallest absolute Gasteiger partial charge is 0.378 e. The lowest BCUT2D eigenvalue weighted by Gasteiger charge is -2.20. The van der Waals surface area contributed by atoms with Gasteiger partial charge in [-0.15, -0.1) is 0 Å². The van der Waals surface area contributed by atoms with Crippen molar-refractivity contribution in [2.75, 3.05) is 0 Å². The van der Waals surface area contributed by atoms with Gasteiger partial charge in [-0.1, -0.05) is 24.8 Å². The zero-order chi connectivity index (χ0) is 18.1. The van der Waals surface area contributed by atoms with Crippen LogP contribution in [0.4, 0.5) is 17.6 Å². The van der Waals surface area contributed by atoms with E-state index in [1.807, 2.05) is 0 Å². The number of hydrogen-bond acceptors (Lipinski definition) is 5. The summed E-state index contributed by atoms with van der Waals surface area (Å²) >= 11 is 0. The summed E-state index contributed by atoms with van der Waals surface area (Å²) in [6.45, 7) is 3.39. The molecule has 1 N–H and O–H groups in total. The molecule has 1 aromatic carbocycles. The molecular weight excluding hydrogens is 368 g/mol. The molecule has 0 atom stereocenters. The summed E-state index contributed by atoms with van der Waals surface area (Å²) < 4.78 is 108. The van der Waals surface area contributed by atoms with Crippen LogP contribution in [-0.2, 0) is 20.2 Å². The fourth-order valence-electron chi connectivity index (χ4n) is 1.27. The topological polar surface area (TPSA) is 97.7 Å². The minimum atomic E-state index is -6.22. The van der Waals surface area contributed by atoms with E-state index in [1.165, 1.54) is 18.2 Å². The summed E-state index contributed by atoms with van der Waals surface area (Å²) in [4.78, 5) is 0. The van der Waals surface area contributed by atoms with Gasteiger partial charge in [0.15, 0.2) is 0 Å². The third-order valence-electron chi connectivity index (χ3n) is 2.48. The van der Waals surface area contributed by atoms with Gasteiger partial charge in [0, 0.05) is 0 Å². The first kappa shape index (κ1) is 19.4. The number of alkyl halides is 4. The Morgan fingerprint density at radius 3 is 1.91 bits per heavy atom. The minimum absolute atomic E-state index is 0.499. The first-order valence-corrected chi connectivity index (χ1v) is 8.46. The van der Waals surface area contributed by atoms with E-state index in [0.29, 0.717) is 5.56 Å². The Morgan fingerprint density at radius 2 is 1.52 bits per heavy atom. The van der Waals surface area contributed by atoms with Gasteiger partial charge in [0.25, 0.3) is 0 Å². The van der Waals surface area contributed by atoms with E-state index < -0.39 is 42.9 Å². The number of hydrogen-bond donors (Lipinski definition) is 1. The quantitative estimate of drug-likeness (QED) is 0.445. The van der Waals surface area contributed by atoms with Crippen molar-refractivity contribution in [3.8, 4) is 5.75 Å². The van der Waals surface area contributed by atoms with Crippen LogP contribution in [0.1, 0.15) is 12.0 Å². The largest absolute Gasteiger partial charge is 0.387 e. The first-order valence-electron chi connectivity index (χ1n) is 5.61. The molecule has 130 valence electrons. The third-order valence-corrected chi connectivity index (χ3v) is 4.66. The third kappa shape index (κ3) is 4.42. The zero-order valence-electron chi connectivity index (χ0n) is 11.1. The average Bonchev–Trinajstić information content (AvgIpc) is 2.36. The number of rotatable bonds is 7. The van der Waals surface area contributed by atoms with E-state index in [-0.39, 0.29) is 0 Å². The molecule has 23 heavy (non-hydrogen) atoms. The van der Waals surface area contributed by atoms with E-state index >= 15 is 0 Å². The van der Waals surface area contributed by atoms with Crippen LogP contribution in [-0.4, -0.2) is 31.9 Å². The Hall–Kier alpha value is -1.66. The van der Waals surface area contributed by atoms with Gasteiger partial charge in [-0.25, -0.2) is 0 Å². The van der Waals surface area contributed by atoms with Crippen molar-refractivity contribution < 1.29 is 43.1 Å². The van der Waals surface area contributed by atoms with Crippen molar-refractivity contribution in [2.45, 2.75) is 16.9 Å². The molecule has 0 radical (unpaired) electrons. The van der Waals surface area contributed by atoms with Crippen molar-refractivity contribution in [3.63, 3.8) is 0 Å². The Labute approximate surface area is 129 Å². The van der Waals surface area contributed by atoms with Crippen LogP contribution in [0.2, 0.25) is 0 Å². The summed E-state index contributed by atoms with van der Waals surface area (Å²) in [6.07, 6.45) is -1.63. The molecule has 0 unspecified atom stereocenters. The van der Waals surface area contributed by atoms with E-state index in [4.69, 9.17) is 4.55 Å². The van der Waals surface area contributed by atoms with E-state index in [1.54, 1.807) is 0 Å². The Balaban J connectivity index is 3.07. The van der Waals surface area contributed by atoms with Crippen molar-refractivity contribution in [2.24, 2.45) is 0 Å². The molecule has 0 aliphatic heterocycles. The standard InChI is InChI=1S/C11H10F4O6S2/c1-2-8-3-5-9(6-4-8)21-23(19,20)11(14,15)7-10(12,13)22(16,17)18/h2-6H,1,7H2,(H,16,17,18). The van der Waals surface area contributed by atoms with Gasteiger partial charge < -0.3 is 4.18 Å². The van der Waals surface area contributed by atoms with Crippen molar-refractivity contribution in [1.82, 2.24) is 0 Å². The second-order valence-corrected chi connectivity index (χ2v) is 7.46. The minimum Gasteiger partial charge on any atom is -0.378 e. The SMILES string of the molecule is C=Cc1ccc(OS(=O)(=O)C(F)(F)CC(F)(F)S(=O)(=O)O)cc1. The van der Waals surface area contributed by atoms with Crippen molar-refractivity contribution in [1.29, 1.82) is 0 Å². The Kier molecular flexibility index (Phi) is 5.13. The monoisotopic (exact) mass is 378 g/mol. The molecule has 0 saturated carbocycles. The van der Waals surface area contributed by atoms with Crippen LogP contribution < -0.4 is 4.18 Å². The van der Waals surface area contributed by atoms with E-state index in [9.17, 15) is 34.4 Å². The molecule has 1 rings (SSSR count). The molecule has 0 saturated heterocycles. The molecule has 0 aromatic heterocycles. The predicted octanol–water partition coefficient (Wildman–Crippen LogP) is 2.50. The predicted molar refractivity (Wildman–Crippen MR) is 72.1 cm³/mol. The van der Waals surface area contributed by atoms with Crippen LogP contribution in [0.5, 0.6) is 5.75 Å². The van der Waals surface area contributed by atoms with Gasteiger partial charge in [0.05, 0.1) is 0 Å². The maximum absolute atomic E-state index is 13.5. The lowest BCUT2D eigenvalue weighted by atomic mass is 10.2. The summed E-state index contributed by atoms with van der Waals surface area (Å²) in [5, 5.41) is -10.6. The van der Waals surface area contributed by atoms with Crippen LogP contribution >= 0.6 is 0 Å². The molecule has 0 spiro atoms. The highest BCUT2D eigenvalue weighted by Gasteiger charge is 2.59. The summed E-state index contributed by atoms with van der Waals surface area (Å²) in [7, 11) is -12.2. The maximum Gasteiger partial charge on any atom is 0.387 e. The molecular formula is C11H10F4O6S2. The van der Waals surface area contributed by atoms with E-state index in [0.717, 1.165) is 12.1 Å².